The molecule has 0 saturated carbocycles. The van der Waals surface area contributed by atoms with Crippen LogP contribution in [-0.2, 0) is 26.7 Å². The van der Waals surface area contributed by atoms with Gasteiger partial charge < -0.3 is 5.11 Å². The summed E-state index contributed by atoms with van der Waals surface area (Å²) in [5, 5.41) is 13.4. The van der Waals surface area contributed by atoms with E-state index in [4.69, 9.17) is 5.11 Å². The molecule has 2 aromatic rings. The minimum Gasteiger partial charge on any atom is -0.478 e. The van der Waals surface area contributed by atoms with Crippen molar-refractivity contribution in [3.63, 3.8) is 0 Å². The number of carbonyl (C=O) groups is 1. The third kappa shape index (κ3) is 2.32. The van der Waals surface area contributed by atoms with Crippen LogP contribution >= 0.6 is 0 Å². The van der Waals surface area contributed by atoms with Crippen molar-refractivity contribution in [2.45, 2.75) is 26.6 Å². The summed E-state index contributed by atoms with van der Waals surface area (Å²) in [5.74, 6) is -0.867. The van der Waals surface area contributed by atoms with E-state index < -0.39 is 5.97 Å². The number of benzene rings is 1. The van der Waals surface area contributed by atoms with Gasteiger partial charge in [-0.3, -0.25) is 9.58 Å². The average Bonchev–Trinajstić information content (AvgIpc) is 2.91. The van der Waals surface area contributed by atoms with Crippen molar-refractivity contribution < 1.29 is 9.90 Å². The topological polar surface area (TPSA) is 58.4 Å². The minimum atomic E-state index is -0.867. The lowest BCUT2D eigenvalue weighted by Crippen LogP contribution is -2.17. The van der Waals surface area contributed by atoms with Crippen molar-refractivity contribution in [1.82, 2.24) is 14.7 Å². The molecule has 3 rings (SSSR count). The Balaban J connectivity index is 1.77. The van der Waals surface area contributed by atoms with E-state index in [2.05, 4.69) is 16.1 Å². The van der Waals surface area contributed by atoms with Gasteiger partial charge in [0, 0.05) is 26.7 Å². The van der Waals surface area contributed by atoms with Crippen LogP contribution in [0.5, 0.6) is 0 Å². The molecule has 1 aliphatic heterocycles. The van der Waals surface area contributed by atoms with E-state index in [-0.39, 0.29) is 0 Å². The van der Waals surface area contributed by atoms with Gasteiger partial charge in [0.1, 0.15) is 0 Å². The summed E-state index contributed by atoms with van der Waals surface area (Å²) < 4.78 is 1.90. The summed E-state index contributed by atoms with van der Waals surface area (Å²) in [6.07, 6.45) is 0. The molecule has 0 saturated heterocycles. The number of hydrogen-bond acceptors (Lipinski definition) is 3. The van der Waals surface area contributed by atoms with E-state index in [0.29, 0.717) is 5.56 Å². The number of aromatic carboxylic acids is 1. The van der Waals surface area contributed by atoms with E-state index in [0.717, 1.165) is 30.9 Å². The van der Waals surface area contributed by atoms with E-state index >= 15 is 0 Å². The van der Waals surface area contributed by atoms with Gasteiger partial charge in [0.25, 0.3) is 0 Å². The van der Waals surface area contributed by atoms with Crippen molar-refractivity contribution in [3.8, 4) is 0 Å². The monoisotopic (exact) mass is 271 g/mol. The predicted molar refractivity (Wildman–Crippen MR) is 74.3 cm³/mol. The van der Waals surface area contributed by atoms with Crippen LogP contribution in [-0.4, -0.2) is 25.8 Å². The van der Waals surface area contributed by atoms with Crippen molar-refractivity contribution in [2.75, 3.05) is 0 Å². The Hall–Kier alpha value is -2.14. The lowest BCUT2D eigenvalue weighted by Gasteiger charge is -2.14. The summed E-state index contributed by atoms with van der Waals surface area (Å²) in [6, 6.07) is 7.48. The van der Waals surface area contributed by atoms with Crippen molar-refractivity contribution in [1.29, 1.82) is 0 Å². The lowest BCUT2D eigenvalue weighted by atomic mass is 10.1. The van der Waals surface area contributed by atoms with Crippen LogP contribution in [0.25, 0.3) is 0 Å². The van der Waals surface area contributed by atoms with Gasteiger partial charge in [0.15, 0.2) is 0 Å². The molecule has 1 aromatic heterocycles. The van der Waals surface area contributed by atoms with Crippen LogP contribution in [0.4, 0.5) is 0 Å². The van der Waals surface area contributed by atoms with Gasteiger partial charge >= 0.3 is 5.97 Å². The fourth-order valence-corrected chi connectivity index (χ4v) is 2.75. The Labute approximate surface area is 117 Å². The maximum absolute atomic E-state index is 11.0. The molecule has 0 spiro atoms. The Morgan fingerprint density at radius 3 is 2.70 bits per heavy atom. The van der Waals surface area contributed by atoms with Crippen molar-refractivity contribution in [2.24, 2.45) is 7.05 Å². The van der Waals surface area contributed by atoms with Gasteiger partial charge in [0.2, 0.25) is 0 Å². The van der Waals surface area contributed by atoms with Crippen LogP contribution in [0.2, 0.25) is 0 Å². The number of fused-ring (bicyclic) bond motifs is 1. The highest BCUT2D eigenvalue weighted by Crippen LogP contribution is 2.25. The number of rotatable bonds is 3. The highest BCUT2D eigenvalue weighted by molar-refractivity contribution is 5.87. The molecule has 1 N–H and O–H groups in total. The number of aromatic nitrogens is 2. The van der Waals surface area contributed by atoms with Crippen LogP contribution in [0, 0.1) is 6.92 Å². The number of hydrogen-bond donors (Lipinski definition) is 1. The van der Waals surface area contributed by atoms with Gasteiger partial charge in [-0.25, -0.2) is 4.79 Å². The van der Waals surface area contributed by atoms with Gasteiger partial charge in [0.05, 0.1) is 17.0 Å². The molecule has 0 fully saturated rings. The normalized spacial score (nSPS) is 14.5. The molecule has 0 aliphatic carbocycles. The fraction of sp³-hybridized carbons (Fsp3) is 0.333. The van der Waals surface area contributed by atoms with E-state index in [1.54, 1.807) is 12.1 Å². The molecule has 0 bridgehead atoms. The molecule has 1 aliphatic rings. The third-order valence-corrected chi connectivity index (χ3v) is 3.73. The van der Waals surface area contributed by atoms with Gasteiger partial charge in [-0.1, -0.05) is 6.07 Å². The SMILES string of the molecule is Cc1cc(CN2Cc3ccc(C(=O)O)cc3C2)n(C)n1. The second kappa shape index (κ2) is 4.76. The molecule has 0 unspecified atom stereocenters. The Kier molecular flexibility index (Phi) is 3.06. The molecule has 5 nitrogen and oxygen atoms in total. The fourth-order valence-electron chi connectivity index (χ4n) is 2.75. The number of nitrogens with zero attached hydrogens (tertiary/aromatic N) is 3. The van der Waals surface area contributed by atoms with Gasteiger partial charge in [-0.2, -0.15) is 5.10 Å². The molecule has 0 radical (unpaired) electrons. The van der Waals surface area contributed by atoms with Crippen LogP contribution in [0.1, 0.15) is 32.9 Å². The van der Waals surface area contributed by atoms with E-state index in [1.807, 2.05) is 24.7 Å². The first-order chi connectivity index (χ1) is 9.52. The zero-order chi connectivity index (χ0) is 14.3. The van der Waals surface area contributed by atoms with Gasteiger partial charge in [-0.05, 0) is 36.2 Å². The quantitative estimate of drug-likeness (QED) is 0.927. The summed E-state index contributed by atoms with van der Waals surface area (Å²) >= 11 is 0. The third-order valence-electron chi connectivity index (χ3n) is 3.73. The summed E-state index contributed by atoms with van der Waals surface area (Å²) in [5.41, 5.74) is 4.89. The standard InChI is InChI=1S/C15H17N3O2/c1-10-5-14(17(2)16-10)9-18-7-12-4-3-11(15(19)20)6-13(12)8-18/h3-6H,7-9H2,1-2H3,(H,19,20). The van der Waals surface area contributed by atoms with Crippen molar-refractivity contribution >= 4 is 5.97 Å². The molecular weight excluding hydrogens is 254 g/mol. The zero-order valence-electron chi connectivity index (χ0n) is 11.6. The maximum Gasteiger partial charge on any atom is 0.335 e. The highest BCUT2D eigenvalue weighted by Gasteiger charge is 2.21. The van der Waals surface area contributed by atoms with Gasteiger partial charge in [-0.15, -0.1) is 0 Å². The number of carboxylic acid groups (broad SMARTS) is 1. The molecule has 20 heavy (non-hydrogen) atoms. The Morgan fingerprint density at radius 1 is 1.30 bits per heavy atom. The summed E-state index contributed by atoms with van der Waals surface area (Å²) in [4.78, 5) is 13.3. The number of carboxylic acids is 1. The van der Waals surface area contributed by atoms with E-state index in [1.165, 1.54) is 11.3 Å². The molecule has 0 atom stereocenters. The van der Waals surface area contributed by atoms with Crippen LogP contribution in [0.3, 0.4) is 0 Å². The minimum absolute atomic E-state index is 0.363. The maximum atomic E-state index is 11.0. The number of aryl methyl sites for hydroxylation is 2. The first-order valence-corrected chi connectivity index (χ1v) is 6.60. The molecular formula is C15H17N3O2. The predicted octanol–water partition coefficient (Wildman–Crippen LogP) is 1.94. The molecule has 5 heteroatoms. The smallest absolute Gasteiger partial charge is 0.335 e. The molecule has 0 amide bonds. The highest BCUT2D eigenvalue weighted by atomic mass is 16.4. The van der Waals surface area contributed by atoms with E-state index in [9.17, 15) is 4.79 Å². The lowest BCUT2D eigenvalue weighted by molar-refractivity contribution is 0.0696. The average molecular weight is 271 g/mol. The first-order valence-electron chi connectivity index (χ1n) is 6.60. The van der Waals surface area contributed by atoms with Crippen LogP contribution in [0.15, 0.2) is 24.3 Å². The zero-order valence-corrected chi connectivity index (χ0v) is 11.6. The Morgan fingerprint density at radius 2 is 2.05 bits per heavy atom. The van der Waals surface area contributed by atoms with Crippen LogP contribution < -0.4 is 0 Å². The molecule has 2 heterocycles. The first kappa shape index (κ1) is 12.9. The molecule has 104 valence electrons. The second-order valence-electron chi connectivity index (χ2n) is 5.33. The molecule has 1 aromatic carbocycles. The largest absolute Gasteiger partial charge is 0.478 e. The second-order valence-corrected chi connectivity index (χ2v) is 5.33. The summed E-state index contributed by atoms with van der Waals surface area (Å²) in [6.45, 7) is 4.47. The summed E-state index contributed by atoms with van der Waals surface area (Å²) in [7, 11) is 1.95. The Bertz CT molecular complexity index is 676. The van der Waals surface area contributed by atoms with Crippen molar-refractivity contribution in [3.05, 3.63) is 52.3 Å².